The van der Waals surface area contributed by atoms with Gasteiger partial charge in [0.25, 0.3) is 5.91 Å². The molecule has 1 heterocycles. The van der Waals surface area contributed by atoms with E-state index >= 15 is 0 Å². The number of carbonyl (C=O) groups excluding carboxylic acids is 7. The summed E-state index contributed by atoms with van der Waals surface area (Å²) in [4.78, 5) is 114. The Kier molecular flexibility index (Phi) is 30.6. The number of halogens is 4. The normalized spacial score (nSPS) is 12.4. The highest BCUT2D eigenvalue weighted by molar-refractivity contribution is 6.24. The molecule has 0 unspecified atom stereocenters. The minimum atomic E-state index is -4.59. The fourth-order valence-corrected chi connectivity index (χ4v) is 11.2. The van der Waals surface area contributed by atoms with Gasteiger partial charge in [0.2, 0.25) is 0 Å². The quantitative estimate of drug-likeness (QED) is 0.0292. The predicted octanol–water partition coefficient (Wildman–Crippen LogP) is 18.9. The molecule has 0 radical (unpaired) electrons. The molecule has 14 rings (SSSR count). The van der Waals surface area contributed by atoms with Gasteiger partial charge >= 0.3 is 36.0 Å². The predicted molar refractivity (Wildman–Crippen MR) is 428 cm³/mol. The number of hydrogen-bond acceptors (Lipinski definition) is 19. The smallest absolute Gasteiger partial charge is 0.318 e. The molecule has 116 heavy (non-hydrogen) atoms. The van der Waals surface area contributed by atoms with Gasteiger partial charge in [0, 0.05) is 45.1 Å². The molecule has 1 aromatic heterocycles. The second-order valence-corrected chi connectivity index (χ2v) is 25.1. The SMILES string of the molecule is C/C(=N\OC(=O)C1CCCCC1)c1ccccc1.N#C/C(=N\OC(=O)c1cccc2c1-c1ccccc1C2=O)c1ccccc1.O=C(N/C(=N\OC(=O)c1ccccc1)c1cccc(C(F)(F)F)c1)c1ccccc1.O=C(O/N=C(\c1ccccc1)c1ccccn1)c1ccccc1.O=C(O/N=C/c1ccc(F)cc1)c1ccccc1. The molecule has 1 saturated carbocycles. The summed E-state index contributed by atoms with van der Waals surface area (Å²) in [5, 5.41) is 30.5. The third-order valence-corrected chi connectivity index (χ3v) is 17.1. The number of nitriles is 1. The van der Waals surface area contributed by atoms with Gasteiger partial charge in [-0.2, -0.15) is 18.4 Å². The minimum absolute atomic E-state index is 0.00648. The summed E-state index contributed by atoms with van der Waals surface area (Å²) in [6, 6.07) is 90.5. The number of amides is 1. The number of benzene rings is 11. The molecule has 2 aliphatic carbocycles. The van der Waals surface area contributed by atoms with E-state index in [9.17, 15) is 56.4 Å². The standard InChI is InChI=1S/C22H15F3N2O3.C22H12N2O3.C19H14N2O2.C15H19NO2.C14H10FNO2/c23-22(24,25)18-13-7-12-17(14-18)19(26-20(28)15-8-3-1-4-9-15)27-30-21(29)16-10-5-2-6-11-16;23-13-19(14-7-2-1-3-8-14)24-27-22(26)18-12-6-11-17-20(18)15-9-4-5-10-16(15)21(17)25;22-19(16-11-5-2-6-12-16)23-21-18(15-9-3-1-4-10-15)17-13-7-8-14-20-17;1-12(13-8-4-2-5-9-13)16-18-15(17)14-10-6-3-7-11-14;15-13-8-6-11(7-9-13)10-16-18-14(17)12-4-2-1-3-5-12/h1-14H,(H,26,27,28);1-12H;1-14H;2,4-5,8-9,14H,3,6-7,10-11H2,1H3;1-10H/b;24-19+;21-18+;16-12+;16-10+. The first-order chi connectivity index (χ1) is 56.4. The summed E-state index contributed by atoms with van der Waals surface area (Å²) < 4.78 is 51.9. The van der Waals surface area contributed by atoms with Crippen molar-refractivity contribution in [2.45, 2.75) is 45.2 Å². The number of carbonyl (C=O) groups is 7. The molecule has 0 spiro atoms. The van der Waals surface area contributed by atoms with Crippen molar-refractivity contribution in [3.05, 3.63) is 412 Å². The van der Waals surface area contributed by atoms with Gasteiger partial charge in [0.15, 0.2) is 17.3 Å². The zero-order valence-corrected chi connectivity index (χ0v) is 61.9. The van der Waals surface area contributed by atoms with E-state index in [2.05, 4.69) is 36.1 Å². The fourth-order valence-electron chi connectivity index (χ4n) is 11.2. The maximum Gasteiger partial charge on any atom is 0.416 e. The summed E-state index contributed by atoms with van der Waals surface area (Å²) in [7, 11) is 0. The van der Waals surface area contributed by atoms with Crippen molar-refractivity contribution >= 4 is 70.7 Å². The van der Waals surface area contributed by atoms with Gasteiger partial charge in [-0.25, -0.2) is 28.4 Å². The summed E-state index contributed by atoms with van der Waals surface area (Å²) >= 11 is 0. The first kappa shape index (κ1) is 83.1. The number of nitrogens with one attached hydrogen (secondary N) is 1. The largest absolute Gasteiger partial charge is 0.416 e. The molecular formula is C92H70F4N8O12. The van der Waals surface area contributed by atoms with E-state index in [-0.39, 0.29) is 57.3 Å². The second kappa shape index (κ2) is 42.7. The Hall–Kier alpha value is -15.4. The van der Waals surface area contributed by atoms with E-state index in [1.54, 1.807) is 158 Å². The van der Waals surface area contributed by atoms with Crippen LogP contribution in [0.25, 0.3) is 11.1 Å². The van der Waals surface area contributed by atoms with E-state index < -0.39 is 41.5 Å². The van der Waals surface area contributed by atoms with E-state index in [0.717, 1.165) is 54.7 Å². The molecule has 1 amide bonds. The summed E-state index contributed by atoms with van der Waals surface area (Å²) in [6.45, 7) is 1.85. The number of amidine groups is 1. The van der Waals surface area contributed by atoms with Crippen molar-refractivity contribution in [3.8, 4) is 17.2 Å². The Morgan fingerprint density at radius 2 is 0.922 bits per heavy atom. The summed E-state index contributed by atoms with van der Waals surface area (Å²) in [5.41, 5.74) is 7.67. The Balaban J connectivity index is 0.000000155. The van der Waals surface area contributed by atoms with E-state index in [4.69, 9.17) is 24.2 Å². The van der Waals surface area contributed by atoms with Gasteiger partial charge in [-0.15, -0.1) is 0 Å². The molecule has 1 fully saturated rings. The third kappa shape index (κ3) is 24.6. The van der Waals surface area contributed by atoms with Crippen molar-refractivity contribution in [1.29, 1.82) is 5.26 Å². The topological polar surface area (TPSA) is 276 Å². The number of alkyl halides is 3. The number of pyridine rings is 1. The van der Waals surface area contributed by atoms with Crippen LogP contribution in [0.15, 0.2) is 353 Å². The Morgan fingerprint density at radius 1 is 0.457 bits per heavy atom. The number of oxime groups is 5. The van der Waals surface area contributed by atoms with Gasteiger partial charge in [-0.1, -0.05) is 276 Å². The van der Waals surface area contributed by atoms with Crippen molar-refractivity contribution in [3.63, 3.8) is 0 Å². The number of nitrogens with zero attached hydrogens (tertiary/aromatic N) is 7. The molecular weight excluding hydrogens is 1490 g/mol. The van der Waals surface area contributed by atoms with Crippen LogP contribution in [0.5, 0.6) is 0 Å². The molecule has 0 bridgehead atoms. The lowest BCUT2D eigenvalue weighted by Gasteiger charge is -2.18. The molecule has 1 N–H and O–H groups in total. The van der Waals surface area contributed by atoms with Gasteiger partial charge in [0.05, 0.1) is 51.4 Å². The number of ketones is 1. The second-order valence-electron chi connectivity index (χ2n) is 25.1. The average Bonchev–Trinajstić information content (AvgIpc) is 1.60. The average molecular weight is 1560 g/mol. The van der Waals surface area contributed by atoms with Crippen LogP contribution < -0.4 is 5.32 Å². The molecule has 0 aliphatic heterocycles. The van der Waals surface area contributed by atoms with Crippen LogP contribution in [0.3, 0.4) is 0 Å². The van der Waals surface area contributed by atoms with Crippen LogP contribution >= 0.6 is 0 Å². The lowest BCUT2D eigenvalue weighted by molar-refractivity contribution is -0.149. The highest BCUT2D eigenvalue weighted by Gasteiger charge is 2.33. The van der Waals surface area contributed by atoms with Crippen molar-refractivity contribution < 1.29 is 75.3 Å². The summed E-state index contributed by atoms with van der Waals surface area (Å²) in [6.07, 6.45) is 3.80. The maximum atomic E-state index is 13.1. The van der Waals surface area contributed by atoms with Crippen LogP contribution in [-0.2, 0) is 35.2 Å². The van der Waals surface area contributed by atoms with Crippen LogP contribution in [0.2, 0.25) is 0 Å². The zero-order chi connectivity index (χ0) is 81.9. The van der Waals surface area contributed by atoms with Gasteiger partial charge in [-0.3, -0.25) is 14.6 Å². The van der Waals surface area contributed by atoms with Gasteiger partial charge < -0.3 is 29.5 Å². The Morgan fingerprint density at radius 3 is 1.47 bits per heavy atom. The van der Waals surface area contributed by atoms with Crippen molar-refractivity contribution in [2.75, 3.05) is 0 Å². The monoisotopic (exact) mass is 1550 g/mol. The first-order valence-corrected chi connectivity index (χ1v) is 36.0. The molecule has 24 heteroatoms. The molecule has 2 aliphatic rings. The van der Waals surface area contributed by atoms with Gasteiger partial charge in [-0.05, 0) is 127 Å². The molecule has 578 valence electrons. The zero-order valence-electron chi connectivity index (χ0n) is 61.9. The molecule has 12 aromatic rings. The van der Waals surface area contributed by atoms with Gasteiger partial charge in [0.1, 0.15) is 17.6 Å². The van der Waals surface area contributed by atoms with E-state index in [1.165, 1.54) is 73.3 Å². The Labute approximate surface area is 664 Å². The first-order valence-electron chi connectivity index (χ1n) is 36.0. The fraction of sp³-hybridized carbons (Fsp3) is 0.0870. The van der Waals surface area contributed by atoms with E-state index in [1.807, 2.05) is 110 Å². The van der Waals surface area contributed by atoms with Crippen molar-refractivity contribution in [2.24, 2.45) is 31.7 Å². The highest BCUT2D eigenvalue weighted by Crippen LogP contribution is 2.39. The van der Waals surface area contributed by atoms with E-state index in [0.29, 0.717) is 55.9 Å². The lowest BCUT2D eigenvalue weighted by atomic mass is 9.89. The third-order valence-electron chi connectivity index (χ3n) is 17.1. The summed E-state index contributed by atoms with van der Waals surface area (Å²) in [5.74, 6) is -4.12. The Bertz CT molecular complexity index is 5500. The lowest BCUT2D eigenvalue weighted by Crippen LogP contribution is -2.32. The van der Waals surface area contributed by atoms with Crippen LogP contribution in [0.4, 0.5) is 17.6 Å². The maximum absolute atomic E-state index is 13.1. The molecule has 20 nitrogen and oxygen atoms in total. The molecule has 11 aromatic carbocycles. The number of hydrogen-bond donors (Lipinski definition) is 1. The van der Waals surface area contributed by atoms with Crippen LogP contribution in [0.1, 0.15) is 146 Å². The number of fused-ring (bicyclic) bond motifs is 3. The molecule has 0 atom stereocenters. The highest BCUT2D eigenvalue weighted by atomic mass is 19.4. The number of aromatic nitrogens is 1. The minimum Gasteiger partial charge on any atom is -0.318 e. The van der Waals surface area contributed by atoms with Crippen LogP contribution in [-0.4, -0.2) is 75.7 Å². The molecule has 0 saturated heterocycles. The van der Waals surface area contributed by atoms with Crippen LogP contribution in [0, 0.1) is 23.1 Å². The van der Waals surface area contributed by atoms with Crippen molar-refractivity contribution in [1.82, 2.24) is 10.3 Å². The number of rotatable bonds is 17.